The number of halogens is 3. The van der Waals surface area contributed by atoms with Crippen LogP contribution in [0, 0.1) is 22.2 Å². The lowest BCUT2D eigenvalue weighted by atomic mass is 9.82. The average Bonchev–Trinajstić information content (AvgIpc) is 3.37. The van der Waals surface area contributed by atoms with Gasteiger partial charge in [0, 0.05) is 5.41 Å². The first kappa shape index (κ1) is 59.0. The number of fused-ring (bicyclic) bond motifs is 1. The van der Waals surface area contributed by atoms with E-state index in [0.717, 1.165) is 51.9 Å². The molecule has 0 aromatic heterocycles. The number of rotatable bonds is 8. The van der Waals surface area contributed by atoms with Crippen LogP contribution in [0.5, 0.6) is 0 Å². The van der Waals surface area contributed by atoms with Gasteiger partial charge in [0.2, 0.25) is 11.8 Å². The monoisotopic (exact) mass is 716 g/mol. The van der Waals surface area contributed by atoms with Crippen LogP contribution >= 0.6 is 0 Å². The zero-order chi connectivity index (χ0) is 33.4. The first-order valence-electron chi connectivity index (χ1n) is 16.0. The van der Waals surface area contributed by atoms with Crippen LogP contribution in [0.1, 0.15) is 184 Å². The Morgan fingerprint density at radius 1 is 0.694 bits per heavy atom. The molecule has 1 saturated heterocycles. The van der Waals surface area contributed by atoms with Gasteiger partial charge in [-0.15, -0.1) is 0 Å². The van der Waals surface area contributed by atoms with Crippen LogP contribution in [0.2, 0.25) is 0 Å². The van der Waals surface area contributed by atoms with Gasteiger partial charge in [-0.2, -0.15) is 13.2 Å². The Labute approximate surface area is 301 Å². The van der Waals surface area contributed by atoms with Crippen molar-refractivity contribution in [3.63, 3.8) is 0 Å². The summed E-state index contributed by atoms with van der Waals surface area (Å²) >= 11 is 0. The Hall–Kier alpha value is -2.13. The molecule has 10 heteroatoms. The number of ether oxygens (including phenoxy) is 2. The quantitative estimate of drug-likeness (QED) is 0.184. The SMILES string of the molecule is C.C.C.C.C.C.CCC(C)(C)C(=O)N1C(=O)C2CCCC21.CCC(C)(C)C(=O)OC(C)C(F)(F)F.CCC(C)(C)C(=O)OC1CCCCC1. The molecule has 0 aromatic rings. The lowest BCUT2D eigenvalue weighted by Crippen LogP contribution is -2.63. The summed E-state index contributed by atoms with van der Waals surface area (Å²) in [6.07, 6.45) is 4.68. The van der Waals surface area contributed by atoms with Crippen molar-refractivity contribution in [1.82, 2.24) is 4.90 Å². The van der Waals surface area contributed by atoms with Crippen LogP contribution < -0.4 is 0 Å². The van der Waals surface area contributed by atoms with Gasteiger partial charge >= 0.3 is 18.1 Å². The molecule has 3 fully saturated rings. The van der Waals surface area contributed by atoms with Crippen molar-refractivity contribution < 1.29 is 41.8 Å². The third kappa shape index (κ3) is 16.6. The lowest BCUT2D eigenvalue weighted by Gasteiger charge is -2.45. The summed E-state index contributed by atoms with van der Waals surface area (Å²) in [6, 6.07) is 0.232. The van der Waals surface area contributed by atoms with Crippen molar-refractivity contribution in [3.05, 3.63) is 0 Å². The first-order chi connectivity index (χ1) is 19.7. The fourth-order valence-corrected chi connectivity index (χ4v) is 4.69. The zero-order valence-electron chi connectivity index (χ0n) is 28.1. The molecule has 3 unspecified atom stereocenters. The standard InChI is InChI=1S/C12H19NO2.C12H22O2.C9H15F3O2.6CH4/c1-4-12(2,3)11(15)13-9-7-5-6-8(9)10(13)14;1-4-12(2,3)11(13)14-10-8-6-5-7-9-10;1-5-8(3,4)7(13)14-6(2)9(10,11)12;;;;;;/h8-9H,4-7H2,1-3H3;10H,4-9H2,1-3H3;6H,5H2,1-4H3;6*1H4. The molecule has 0 aromatic carbocycles. The molecular weight excluding hydrogens is 635 g/mol. The summed E-state index contributed by atoms with van der Waals surface area (Å²) in [5, 5.41) is 0. The largest absolute Gasteiger partial charge is 0.462 e. The van der Waals surface area contributed by atoms with E-state index in [-0.39, 0.29) is 91.2 Å². The molecule has 2 aliphatic carbocycles. The third-order valence-electron chi connectivity index (χ3n) is 9.49. The van der Waals surface area contributed by atoms with E-state index in [4.69, 9.17) is 4.74 Å². The maximum absolute atomic E-state index is 12.1. The molecular formula is C39H80F3NO6. The van der Waals surface area contributed by atoms with E-state index in [1.54, 1.807) is 20.8 Å². The molecule has 0 N–H and O–H groups in total. The molecule has 0 bridgehead atoms. The molecule has 1 aliphatic heterocycles. The highest BCUT2D eigenvalue weighted by molar-refractivity contribution is 6.04. The maximum atomic E-state index is 12.1. The van der Waals surface area contributed by atoms with E-state index in [9.17, 15) is 32.3 Å². The highest BCUT2D eigenvalue weighted by atomic mass is 19.4. The average molecular weight is 716 g/mol. The van der Waals surface area contributed by atoms with Gasteiger partial charge in [0.25, 0.3) is 0 Å². The maximum Gasteiger partial charge on any atom is 0.425 e. The van der Waals surface area contributed by atoms with E-state index in [1.807, 2.05) is 41.5 Å². The Kier molecular flexibility index (Phi) is 29.1. The van der Waals surface area contributed by atoms with Crippen LogP contribution in [0.4, 0.5) is 13.2 Å². The van der Waals surface area contributed by atoms with Gasteiger partial charge in [-0.05, 0) is 92.4 Å². The minimum absolute atomic E-state index is 0. The molecule has 0 spiro atoms. The van der Waals surface area contributed by atoms with E-state index in [0.29, 0.717) is 6.42 Å². The highest BCUT2D eigenvalue weighted by Crippen LogP contribution is 2.42. The van der Waals surface area contributed by atoms with Gasteiger partial charge in [-0.3, -0.25) is 24.1 Å². The third-order valence-corrected chi connectivity index (χ3v) is 9.49. The number of amides is 2. The van der Waals surface area contributed by atoms with Crippen molar-refractivity contribution in [3.8, 4) is 0 Å². The molecule has 2 saturated carbocycles. The Balaban J connectivity index is -0.000000134. The van der Waals surface area contributed by atoms with E-state index >= 15 is 0 Å². The summed E-state index contributed by atoms with van der Waals surface area (Å²) in [5.41, 5.74) is -1.56. The van der Waals surface area contributed by atoms with E-state index < -0.39 is 23.7 Å². The molecule has 298 valence electrons. The number of carbonyl (C=O) groups is 4. The van der Waals surface area contributed by atoms with Gasteiger partial charge in [-0.1, -0.05) is 92.0 Å². The molecule has 3 rings (SSSR count). The van der Waals surface area contributed by atoms with Crippen molar-refractivity contribution in [2.45, 2.75) is 209 Å². The molecule has 3 atom stereocenters. The Morgan fingerprint density at radius 3 is 1.53 bits per heavy atom. The Morgan fingerprint density at radius 2 is 1.12 bits per heavy atom. The molecule has 2 amide bonds. The summed E-state index contributed by atoms with van der Waals surface area (Å²) in [7, 11) is 0. The van der Waals surface area contributed by atoms with Gasteiger partial charge in [-0.25, -0.2) is 0 Å². The number of β-lactam (4-membered cyclic amide) rings is 1. The van der Waals surface area contributed by atoms with Crippen LogP contribution in [-0.4, -0.2) is 53.1 Å². The predicted octanol–water partition coefficient (Wildman–Crippen LogP) is 12.0. The van der Waals surface area contributed by atoms with Crippen LogP contribution in [0.15, 0.2) is 0 Å². The number of carbonyl (C=O) groups excluding carboxylic acids is 4. The first-order valence-corrected chi connectivity index (χ1v) is 16.0. The second kappa shape index (κ2) is 24.1. The summed E-state index contributed by atoms with van der Waals surface area (Å²) in [6.45, 7) is 17.4. The fraction of sp³-hybridized carbons (Fsp3) is 0.897. The van der Waals surface area contributed by atoms with Gasteiger partial charge in [0.05, 0.1) is 22.8 Å². The van der Waals surface area contributed by atoms with E-state index in [2.05, 4.69) is 4.74 Å². The molecule has 3 aliphatic rings. The number of esters is 2. The minimum atomic E-state index is -4.49. The Bertz CT molecular complexity index is 955. The summed E-state index contributed by atoms with van der Waals surface area (Å²) in [4.78, 5) is 48.4. The van der Waals surface area contributed by atoms with Gasteiger partial charge in [0.15, 0.2) is 6.10 Å². The number of hydrogen-bond donors (Lipinski definition) is 0. The topological polar surface area (TPSA) is 90.0 Å². The molecule has 1 heterocycles. The minimum Gasteiger partial charge on any atom is -0.462 e. The smallest absolute Gasteiger partial charge is 0.425 e. The summed E-state index contributed by atoms with van der Waals surface area (Å²) < 4.78 is 45.9. The number of alkyl halides is 3. The number of likely N-dealkylation sites (tertiary alicyclic amines) is 1. The fourth-order valence-electron chi connectivity index (χ4n) is 4.69. The van der Waals surface area contributed by atoms with Crippen molar-refractivity contribution in [2.75, 3.05) is 0 Å². The van der Waals surface area contributed by atoms with Crippen LogP contribution in [0.25, 0.3) is 0 Å². The number of nitrogens with zero attached hydrogens (tertiary/aromatic N) is 1. The molecule has 0 radical (unpaired) electrons. The zero-order valence-corrected chi connectivity index (χ0v) is 28.1. The molecule has 49 heavy (non-hydrogen) atoms. The van der Waals surface area contributed by atoms with Gasteiger partial charge < -0.3 is 9.47 Å². The van der Waals surface area contributed by atoms with Gasteiger partial charge in [0.1, 0.15) is 6.10 Å². The van der Waals surface area contributed by atoms with Crippen molar-refractivity contribution >= 4 is 23.8 Å². The number of hydrogen-bond acceptors (Lipinski definition) is 6. The van der Waals surface area contributed by atoms with Crippen molar-refractivity contribution in [1.29, 1.82) is 0 Å². The highest BCUT2D eigenvalue weighted by Gasteiger charge is 2.54. The predicted molar refractivity (Wildman–Crippen MR) is 200 cm³/mol. The normalized spacial score (nSPS) is 19.0. The van der Waals surface area contributed by atoms with E-state index in [1.165, 1.54) is 24.2 Å². The van der Waals surface area contributed by atoms with Crippen molar-refractivity contribution in [2.24, 2.45) is 22.2 Å². The molecule has 7 nitrogen and oxygen atoms in total. The second-order valence-electron chi connectivity index (χ2n) is 14.1. The van der Waals surface area contributed by atoms with Crippen LogP contribution in [-0.2, 0) is 28.7 Å². The lowest BCUT2D eigenvalue weighted by molar-refractivity contribution is -0.221. The summed E-state index contributed by atoms with van der Waals surface area (Å²) in [5.74, 6) is -0.569. The number of imide groups is 1. The van der Waals surface area contributed by atoms with Crippen LogP contribution in [0.3, 0.4) is 0 Å². The second-order valence-corrected chi connectivity index (χ2v) is 14.1.